The summed E-state index contributed by atoms with van der Waals surface area (Å²) in [5.74, 6) is -2.70. The fourth-order valence-corrected chi connectivity index (χ4v) is 3.47. The molecule has 1 N–H and O–H groups in total. The fraction of sp³-hybridized carbons (Fsp3) is 0.350. The van der Waals surface area contributed by atoms with Gasteiger partial charge in [-0.1, -0.05) is 29.8 Å². The van der Waals surface area contributed by atoms with Crippen molar-refractivity contribution in [2.45, 2.75) is 39.8 Å². The molecular weight excluding hydrogens is 371 g/mol. The number of carbonyl (C=O) groups is 1. The summed E-state index contributed by atoms with van der Waals surface area (Å²) >= 11 is 0. The lowest BCUT2D eigenvalue weighted by Gasteiger charge is -2.32. The molecule has 8 heteroatoms. The van der Waals surface area contributed by atoms with Crippen molar-refractivity contribution in [1.29, 1.82) is 0 Å². The molecule has 28 heavy (non-hydrogen) atoms. The Hall–Kier alpha value is -2.90. The van der Waals surface area contributed by atoms with Crippen LogP contribution in [0.25, 0.3) is 5.65 Å². The molecule has 0 aliphatic carbocycles. The normalized spacial score (nSPS) is 13.7. The van der Waals surface area contributed by atoms with Crippen molar-refractivity contribution in [3.05, 3.63) is 64.6 Å². The zero-order valence-electron chi connectivity index (χ0n) is 15.9. The summed E-state index contributed by atoms with van der Waals surface area (Å²) in [6.07, 6.45) is -3.39. The van der Waals surface area contributed by atoms with E-state index >= 15 is 0 Å². The Bertz CT molecular complexity index is 1040. The molecule has 1 atom stereocenters. The van der Waals surface area contributed by atoms with Crippen LogP contribution in [0.2, 0.25) is 0 Å². The molecule has 3 aromatic rings. The van der Waals surface area contributed by atoms with Gasteiger partial charge in [-0.15, -0.1) is 10.2 Å². The van der Waals surface area contributed by atoms with Gasteiger partial charge >= 0.3 is 12.1 Å². The third-order valence-electron chi connectivity index (χ3n) is 5.12. The Morgan fingerprint density at radius 3 is 2.21 bits per heavy atom. The molecule has 2 heterocycles. The smallest absolute Gasteiger partial charge is 0.452 e. The van der Waals surface area contributed by atoms with Crippen LogP contribution in [-0.4, -0.2) is 25.7 Å². The monoisotopic (exact) mass is 391 g/mol. The van der Waals surface area contributed by atoms with Crippen molar-refractivity contribution in [3.63, 3.8) is 0 Å². The summed E-state index contributed by atoms with van der Waals surface area (Å²) in [7, 11) is 0. The first-order chi connectivity index (χ1) is 12.9. The number of rotatable bonds is 4. The highest BCUT2D eigenvalue weighted by Gasteiger charge is 2.41. The SMILES string of the molecule is Cc1ccc(C(c2ccn3c(C(F)(F)F)nnc3c2C)C(C)(C)C(=O)O)cc1. The van der Waals surface area contributed by atoms with E-state index in [9.17, 15) is 23.1 Å². The van der Waals surface area contributed by atoms with Crippen molar-refractivity contribution in [1.82, 2.24) is 14.6 Å². The summed E-state index contributed by atoms with van der Waals surface area (Å²) in [6, 6.07) is 8.98. The molecule has 0 amide bonds. The second-order valence-corrected chi connectivity index (χ2v) is 7.48. The van der Waals surface area contributed by atoms with Gasteiger partial charge in [0.05, 0.1) is 5.41 Å². The van der Waals surface area contributed by atoms with Gasteiger partial charge in [-0.25, -0.2) is 0 Å². The van der Waals surface area contributed by atoms with Gasteiger partial charge in [0.25, 0.3) is 0 Å². The molecular formula is C20H20F3N3O2. The largest absolute Gasteiger partial charge is 0.481 e. The molecule has 0 fully saturated rings. The number of aryl methyl sites for hydroxylation is 2. The van der Waals surface area contributed by atoms with Gasteiger partial charge in [0, 0.05) is 12.1 Å². The molecule has 0 bridgehead atoms. The predicted molar refractivity (Wildman–Crippen MR) is 97.2 cm³/mol. The number of carboxylic acid groups (broad SMARTS) is 1. The van der Waals surface area contributed by atoms with Crippen LogP contribution in [0.5, 0.6) is 0 Å². The Morgan fingerprint density at radius 1 is 1.07 bits per heavy atom. The average molecular weight is 391 g/mol. The van der Waals surface area contributed by atoms with E-state index in [2.05, 4.69) is 10.2 Å². The van der Waals surface area contributed by atoms with Crippen LogP contribution < -0.4 is 0 Å². The first kappa shape index (κ1) is 19.9. The van der Waals surface area contributed by atoms with E-state index in [1.165, 1.54) is 12.3 Å². The van der Waals surface area contributed by atoms with Gasteiger partial charge in [0.15, 0.2) is 5.65 Å². The Morgan fingerprint density at radius 2 is 1.68 bits per heavy atom. The highest BCUT2D eigenvalue weighted by Crippen LogP contribution is 2.43. The summed E-state index contributed by atoms with van der Waals surface area (Å²) in [6.45, 7) is 6.77. The number of hydrogen-bond acceptors (Lipinski definition) is 3. The summed E-state index contributed by atoms with van der Waals surface area (Å²) in [4.78, 5) is 12.0. The third kappa shape index (κ3) is 3.23. The number of alkyl halides is 3. The maximum absolute atomic E-state index is 13.1. The van der Waals surface area contributed by atoms with E-state index in [1.807, 2.05) is 31.2 Å². The van der Waals surface area contributed by atoms with Gasteiger partial charge in [0.1, 0.15) is 0 Å². The molecule has 1 unspecified atom stereocenters. The highest BCUT2D eigenvalue weighted by molar-refractivity contribution is 5.76. The molecule has 2 aromatic heterocycles. The molecule has 0 aliphatic rings. The van der Waals surface area contributed by atoms with Crippen LogP contribution in [-0.2, 0) is 11.0 Å². The van der Waals surface area contributed by atoms with Gasteiger partial charge < -0.3 is 5.11 Å². The minimum Gasteiger partial charge on any atom is -0.481 e. The quantitative estimate of drug-likeness (QED) is 0.705. The van der Waals surface area contributed by atoms with E-state index in [1.54, 1.807) is 20.8 Å². The topological polar surface area (TPSA) is 67.5 Å². The second-order valence-electron chi connectivity index (χ2n) is 7.48. The summed E-state index contributed by atoms with van der Waals surface area (Å²) < 4.78 is 40.3. The van der Waals surface area contributed by atoms with Gasteiger partial charge in [-0.2, -0.15) is 13.2 Å². The van der Waals surface area contributed by atoms with E-state index in [4.69, 9.17) is 0 Å². The first-order valence-electron chi connectivity index (χ1n) is 8.66. The van der Waals surface area contributed by atoms with E-state index in [0.29, 0.717) is 11.1 Å². The molecule has 0 saturated carbocycles. The number of hydrogen-bond donors (Lipinski definition) is 1. The molecule has 5 nitrogen and oxygen atoms in total. The number of pyridine rings is 1. The van der Waals surface area contributed by atoms with Crippen LogP contribution in [0, 0.1) is 19.3 Å². The third-order valence-corrected chi connectivity index (χ3v) is 5.12. The number of aromatic nitrogens is 3. The molecule has 1 aromatic carbocycles. The maximum Gasteiger partial charge on any atom is 0.452 e. The number of fused-ring (bicyclic) bond motifs is 1. The second kappa shape index (κ2) is 6.61. The maximum atomic E-state index is 13.1. The first-order valence-corrected chi connectivity index (χ1v) is 8.66. The van der Waals surface area contributed by atoms with Crippen molar-refractivity contribution in [3.8, 4) is 0 Å². The lowest BCUT2D eigenvalue weighted by Crippen LogP contribution is -2.32. The van der Waals surface area contributed by atoms with Crippen LogP contribution >= 0.6 is 0 Å². The predicted octanol–water partition coefficient (Wildman–Crippen LogP) is 4.61. The van der Waals surface area contributed by atoms with E-state index in [-0.39, 0.29) is 5.65 Å². The number of benzene rings is 1. The number of carboxylic acids is 1. The van der Waals surface area contributed by atoms with Gasteiger partial charge in [-0.3, -0.25) is 9.20 Å². The zero-order valence-corrected chi connectivity index (χ0v) is 15.9. The lowest BCUT2D eigenvalue weighted by atomic mass is 9.70. The summed E-state index contributed by atoms with van der Waals surface area (Å²) in [5.41, 5.74) is 1.71. The fourth-order valence-electron chi connectivity index (χ4n) is 3.47. The number of aliphatic carboxylic acids is 1. The molecule has 0 spiro atoms. The van der Waals surface area contributed by atoms with Gasteiger partial charge in [0.2, 0.25) is 5.82 Å². The van der Waals surface area contributed by atoms with Crippen molar-refractivity contribution in [2.75, 3.05) is 0 Å². The standard InChI is InChI=1S/C20H20F3N3O2/c1-11-5-7-13(8-6-11)15(19(3,4)18(27)28)14-9-10-26-16(12(14)2)24-25-17(26)20(21,22)23/h5-10,15H,1-4H3,(H,27,28). The van der Waals surface area contributed by atoms with Crippen LogP contribution in [0.1, 0.15) is 47.8 Å². The molecule has 0 aliphatic heterocycles. The van der Waals surface area contributed by atoms with E-state index in [0.717, 1.165) is 15.5 Å². The minimum absolute atomic E-state index is 0.0584. The number of nitrogens with zero attached hydrogens (tertiary/aromatic N) is 3. The van der Waals surface area contributed by atoms with Crippen LogP contribution in [0.15, 0.2) is 36.5 Å². The number of halogens is 3. The highest BCUT2D eigenvalue weighted by atomic mass is 19.4. The van der Waals surface area contributed by atoms with Gasteiger partial charge in [-0.05, 0) is 50.5 Å². The van der Waals surface area contributed by atoms with Crippen LogP contribution in [0.3, 0.4) is 0 Å². The van der Waals surface area contributed by atoms with Crippen molar-refractivity contribution >= 4 is 11.6 Å². The van der Waals surface area contributed by atoms with E-state index < -0.39 is 29.3 Å². The molecule has 3 rings (SSSR count). The zero-order chi connectivity index (χ0) is 20.9. The van der Waals surface area contributed by atoms with Crippen molar-refractivity contribution < 1.29 is 23.1 Å². The Labute approximate surface area is 159 Å². The molecule has 0 saturated heterocycles. The Kier molecular flexibility index (Phi) is 4.69. The molecule has 148 valence electrons. The molecule has 0 radical (unpaired) electrons. The Balaban J connectivity index is 2.26. The summed E-state index contributed by atoms with van der Waals surface area (Å²) in [5, 5.41) is 16.8. The average Bonchev–Trinajstić information content (AvgIpc) is 3.04. The van der Waals surface area contributed by atoms with Crippen LogP contribution in [0.4, 0.5) is 13.2 Å². The minimum atomic E-state index is -4.63. The van der Waals surface area contributed by atoms with Crippen molar-refractivity contribution in [2.24, 2.45) is 5.41 Å². The lowest BCUT2D eigenvalue weighted by molar-refractivity contribution is -0.147.